The second kappa shape index (κ2) is 5.15. The van der Waals surface area contributed by atoms with E-state index in [1.165, 1.54) is 6.42 Å². The van der Waals surface area contributed by atoms with Gasteiger partial charge in [0, 0.05) is 12.6 Å². The van der Waals surface area contributed by atoms with E-state index in [1.54, 1.807) is 0 Å². The molecule has 0 radical (unpaired) electrons. The average molecular weight is 256 g/mol. The van der Waals surface area contributed by atoms with Crippen LogP contribution in [0, 0.1) is 0 Å². The van der Waals surface area contributed by atoms with Gasteiger partial charge in [-0.3, -0.25) is 0 Å². The van der Waals surface area contributed by atoms with Crippen LogP contribution in [0.2, 0.25) is 0 Å². The molecule has 2 atom stereocenters. The van der Waals surface area contributed by atoms with Gasteiger partial charge in [0.2, 0.25) is 0 Å². The van der Waals surface area contributed by atoms with Gasteiger partial charge in [0.15, 0.2) is 0 Å². The van der Waals surface area contributed by atoms with Gasteiger partial charge in [-0.05, 0) is 25.6 Å². The predicted octanol–water partition coefficient (Wildman–Crippen LogP) is 1.81. The lowest BCUT2D eigenvalue weighted by Crippen LogP contribution is -2.21. The third-order valence-electron chi connectivity index (χ3n) is 3.93. The zero-order valence-electron chi connectivity index (χ0n) is 11.2. The third-order valence-corrected chi connectivity index (χ3v) is 3.93. The Labute approximate surface area is 113 Å². The summed E-state index contributed by atoms with van der Waals surface area (Å²) in [5.74, 6) is 0. The molecule has 1 aromatic heterocycles. The maximum Gasteiger partial charge on any atom is 0.0951 e. The van der Waals surface area contributed by atoms with Crippen molar-refractivity contribution in [2.45, 2.75) is 18.5 Å². The number of likely N-dealkylation sites (tertiary alicyclic amines) is 1. The summed E-state index contributed by atoms with van der Waals surface area (Å²) in [5.41, 5.74) is 8.63. The Kier molecular flexibility index (Phi) is 3.36. The number of hydrogen-bond acceptors (Lipinski definition) is 3. The van der Waals surface area contributed by atoms with Crippen LogP contribution in [0.1, 0.15) is 29.8 Å². The summed E-state index contributed by atoms with van der Waals surface area (Å²) in [6.07, 6.45) is 4.99. The van der Waals surface area contributed by atoms with E-state index < -0.39 is 0 Å². The van der Waals surface area contributed by atoms with Crippen molar-refractivity contribution in [1.82, 2.24) is 14.5 Å². The first-order valence-electron chi connectivity index (χ1n) is 6.76. The van der Waals surface area contributed by atoms with Crippen LogP contribution in [-0.2, 0) is 0 Å². The molecule has 2 N–H and O–H groups in total. The van der Waals surface area contributed by atoms with Crippen molar-refractivity contribution >= 4 is 0 Å². The van der Waals surface area contributed by atoms with Gasteiger partial charge < -0.3 is 15.2 Å². The van der Waals surface area contributed by atoms with Gasteiger partial charge >= 0.3 is 0 Å². The molecule has 0 bridgehead atoms. The normalized spacial score (nSPS) is 21.7. The Hall–Kier alpha value is -1.65. The molecule has 1 aliphatic heterocycles. The van der Waals surface area contributed by atoms with Gasteiger partial charge in [-0.15, -0.1) is 0 Å². The van der Waals surface area contributed by atoms with E-state index in [1.807, 2.05) is 30.7 Å². The summed E-state index contributed by atoms with van der Waals surface area (Å²) in [5, 5.41) is 0. The summed E-state index contributed by atoms with van der Waals surface area (Å²) >= 11 is 0. The lowest BCUT2D eigenvalue weighted by atomic mass is 10.0. The molecule has 1 saturated heterocycles. The second-order valence-electron chi connectivity index (χ2n) is 5.32. The van der Waals surface area contributed by atoms with Crippen molar-refractivity contribution in [2.24, 2.45) is 5.73 Å². The molecule has 0 amide bonds. The van der Waals surface area contributed by atoms with Crippen LogP contribution < -0.4 is 5.73 Å². The molecule has 1 fully saturated rings. The largest absolute Gasteiger partial charge is 0.328 e. The van der Waals surface area contributed by atoms with Gasteiger partial charge in [-0.25, -0.2) is 4.98 Å². The Morgan fingerprint density at radius 1 is 1.32 bits per heavy atom. The van der Waals surface area contributed by atoms with Crippen molar-refractivity contribution < 1.29 is 0 Å². The van der Waals surface area contributed by atoms with Gasteiger partial charge in [0.05, 0.1) is 24.3 Å². The maximum absolute atomic E-state index is 6.39. The Bertz CT molecular complexity index is 534. The molecule has 0 spiro atoms. The van der Waals surface area contributed by atoms with E-state index >= 15 is 0 Å². The average Bonchev–Trinajstić information content (AvgIpc) is 3.07. The van der Waals surface area contributed by atoms with Crippen LogP contribution in [0.3, 0.4) is 0 Å². The Morgan fingerprint density at radius 2 is 2.11 bits per heavy atom. The van der Waals surface area contributed by atoms with E-state index in [4.69, 9.17) is 5.73 Å². The van der Waals surface area contributed by atoms with Crippen LogP contribution in [0.25, 0.3) is 0 Å². The standard InChI is InChI=1S/C15H20N4/c1-18-8-7-13(10-18)19-11-17-9-14(19)15(16)12-5-3-2-4-6-12/h2-6,9,11,13,15H,7-8,10,16H2,1H3. The molecule has 1 aliphatic rings. The monoisotopic (exact) mass is 256 g/mol. The summed E-state index contributed by atoms with van der Waals surface area (Å²) < 4.78 is 2.25. The van der Waals surface area contributed by atoms with E-state index in [0.29, 0.717) is 6.04 Å². The molecule has 4 heteroatoms. The lowest BCUT2D eigenvalue weighted by molar-refractivity contribution is 0.389. The zero-order valence-corrected chi connectivity index (χ0v) is 11.2. The number of aromatic nitrogens is 2. The van der Waals surface area contributed by atoms with Crippen LogP contribution in [0.15, 0.2) is 42.9 Å². The van der Waals surface area contributed by atoms with Crippen LogP contribution in [0.4, 0.5) is 0 Å². The topological polar surface area (TPSA) is 47.1 Å². The number of hydrogen-bond donors (Lipinski definition) is 1. The maximum atomic E-state index is 6.39. The van der Waals surface area contributed by atoms with Gasteiger partial charge in [0.25, 0.3) is 0 Å². The van der Waals surface area contributed by atoms with E-state index in [9.17, 15) is 0 Å². The SMILES string of the molecule is CN1CCC(n2cncc2C(N)c2ccccc2)C1. The molecule has 2 aromatic rings. The molecule has 2 unspecified atom stereocenters. The minimum Gasteiger partial charge on any atom is -0.328 e. The fourth-order valence-electron chi connectivity index (χ4n) is 2.83. The minimum atomic E-state index is -0.102. The van der Waals surface area contributed by atoms with Gasteiger partial charge in [-0.1, -0.05) is 30.3 Å². The molecule has 2 heterocycles. The van der Waals surface area contributed by atoms with Crippen molar-refractivity contribution in [1.29, 1.82) is 0 Å². The summed E-state index contributed by atoms with van der Waals surface area (Å²) in [6, 6.07) is 10.6. The van der Waals surface area contributed by atoms with Crippen molar-refractivity contribution in [3.05, 3.63) is 54.1 Å². The van der Waals surface area contributed by atoms with Crippen molar-refractivity contribution in [3.8, 4) is 0 Å². The van der Waals surface area contributed by atoms with Crippen LogP contribution >= 0.6 is 0 Å². The number of imidazole rings is 1. The molecule has 1 aromatic carbocycles. The van der Waals surface area contributed by atoms with Crippen molar-refractivity contribution in [3.63, 3.8) is 0 Å². The first-order chi connectivity index (χ1) is 9.25. The summed E-state index contributed by atoms with van der Waals surface area (Å²) in [6.45, 7) is 2.22. The number of nitrogens with two attached hydrogens (primary N) is 1. The van der Waals surface area contributed by atoms with Gasteiger partial charge in [-0.2, -0.15) is 0 Å². The summed E-state index contributed by atoms with van der Waals surface area (Å²) in [7, 11) is 2.16. The highest BCUT2D eigenvalue weighted by Crippen LogP contribution is 2.26. The highest BCUT2D eigenvalue weighted by molar-refractivity contribution is 5.26. The summed E-state index contributed by atoms with van der Waals surface area (Å²) in [4.78, 5) is 6.65. The first kappa shape index (κ1) is 12.4. The highest BCUT2D eigenvalue weighted by atomic mass is 15.2. The molecule has 19 heavy (non-hydrogen) atoms. The number of rotatable bonds is 3. The first-order valence-corrected chi connectivity index (χ1v) is 6.76. The fourth-order valence-corrected chi connectivity index (χ4v) is 2.83. The lowest BCUT2D eigenvalue weighted by Gasteiger charge is -2.19. The van der Waals surface area contributed by atoms with Crippen LogP contribution in [0.5, 0.6) is 0 Å². The second-order valence-corrected chi connectivity index (χ2v) is 5.32. The molecule has 100 valence electrons. The van der Waals surface area contributed by atoms with Crippen molar-refractivity contribution in [2.75, 3.05) is 20.1 Å². The number of likely N-dealkylation sites (N-methyl/N-ethyl adjacent to an activating group) is 1. The van der Waals surface area contributed by atoms with Gasteiger partial charge in [0.1, 0.15) is 0 Å². The van der Waals surface area contributed by atoms with E-state index in [-0.39, 0.29) is 6.04 Å². The molecule has 4 nitrogen and oxygen atoms in total. The quantitative estimate of drug-likeness (QED) is 0.911. The molecular weight excluding hydrogens is 236 g/mol. The minimum absolute atomic E-state index is 0.102. The highest BCUT2D eigenvalue weighted by Gasteiger charge is 2.24. The fraction of sp³-hybridized carbons (Fsp3) is 0.400. The molecule has 0 aliphatic carbocycles. The number of nitrogens with zero attached hydrogens (tertiary/aromatic N) is 3. The molecule has 0 saturated carbocycles. The predicted molar refractivity (Wildman–Crippen MR) is 75.9 cm³/mol. The Balaban J connectivity index is 1.88. The van der Waals surface area contributed by atoms with E-state index in [2.05, 4.69) is 33.6 Å². The Morgan fingerprint density at radius 3 is 2.79 bits per heavy atom. The molecule has 3 rings (SSSR count). The molecular formula is C15H20N4. The third kappa shape index (κ3) is 2.41. The zero-order chi connectivity index (χ0) is 13.2. The van der Waals surface area contributed by atoms with E-state index in [0.717, 1.165) is 24.3 Å². The number of benzene rings is 1. The van der Waals surface area contributed by atoms with Crippen LogP contribution in [-0.4, -0.2) is 34.6 Å². The smallest absolute Gasteiger partial charge is 0.0951 e.